The number of benzene rings is 2. The van der Waals surface area contributed by atoms with E-state index in [1.54, 1.807) is 24.3 Å². The highest BCUT2D eigenvalue weighted by atomic mass is 79.9. The Morgan fingerprint density at radius 1 is 1.03 bits per heavy atom. The summed E-state index contributed by atoms with van der Waals surface area (Å²) in [5.74, 6) is -0.0295. The Morgan fingerprint density at radius 3 is 2.36 bits per heavy atom. The van der Waals surface area contributed by atoms with Crippen LogP contribution in [0.4, 0.5) is 5.69 Å². The molecular weight excluding hydrogens is 520 g/mol. The fourth-order valence-corrected chi connectivity index (χ4v) is 7.06. The SMILES string of the molecule is CCN(c1ccc2sc(C(=O)NC3CCCCCCC3)cc2c1)S(=O)(=O)c1ccc(Br)cc1. The van der Waals surface area contributed by atoms with Gasteiger partial charge in [0.05, 0.1) is 15.5 Å². The summed E-state index contributed by atoms with van der Waals surface area (Å²) in [5, 5.41) is 4.10. The Bertz CT molecular complexity index is 1210. The Balaban J connectivity index is 1.56. The van der Waals surface area contributed by atoms with Crippen LogP contribution >= 0.6 is 27.3 Å². The summed E-state index contributed by atoms with van der Waals surface area (Å²) in [7, 11) is -3.69. The second kappa shape index (κ2) is 10.6. The van der Waals surface area contributed by atoms with Crippen molar-refractivity contribution >= 4 is 59.0 Å². The average molecular weight is 550 g/mol. The molecule has 3 aromatic rings. The van der Waals surface area contributed by atoms with Gasteiger partial charge >= 0.3 is 0 Å². The highest BCUT2D eigenvalue weighted by Gasteiger charge is 2.24. The van der Waals surface area contributed by atoms with E-state index in [2.05, 4.69) is 21.2 Å². The summed E-state index contributed by atoms with van der Waals surface area (Å²) in [4.78, 5) is 13.8. The van der Waals surface area contributed by atoms with Crippen LogP contribution in [-0.2, 0) is 10.0 Å². The predicted molar refractivity (Wildman–Crippen MR) is 140 cm³/mol. The van der Waals surface area contributed by atoms with Gasteiger partial charge in [-0.05, 0) is 73.7 Å². The number of hydrogen-bond donors (Lipinski definition) is 1. The van der Waals surface area contributed by atoms with Gasteiger partial charge in [0.2, 0.25) is 0 Å². The van der Waals surface area contributed by atoms with Crippen LogP contribution in [0.5, 0.6) is 0 Å². The van der Waals surface area contributed by atoms with Gasteiger partial charge in [-0.3, -0.25) is 9.10 Å². The fraction of sp³-hybridized carbons (Fsp3) is 0.400. The summed E-state index contributed by atoms with van der Waals surface area (Å²) in [6.45, 7) is 2.13. The first-order valence-electron chi connectivity index (χ1n) is 11.5. The van der Waals surface area contributed by atoms with Crippen molar-refractivity contribution in [2.75, 3.05) is 10.8 Å². The fourth-order valence-electron chi connectivity index (χ4n) is 4.38. The highest BCUT2D eigenvalue weighted by molar-refractivity contribution is 9.10. The molecule has 0 aliphatic heterocycles. The molecule has 1 aromatic heterocycles. The van der Waals surface area contributed by atoms with E-state index in [-0.39, 0.29) is 16.8 Å². The molecule has 1 aliphatic rings. The second-order valence-corrected chi connectivity index (χ2v) is 12.3. The topological polar surface area (TPSA) is 66.5 Å². The monoisotopic (exact) mass is 548 g/mol. The summed E-state index contributed by atoms with van der Waals surface area (Å²) in [6.07, 6.45) is 8.21. The maximum absolute atomic E-state index is 13.2. The third-order valence-corrected chi connectivity index (χ3v) is 9.70. The number of nitrogens with zero attached hydrogens (tertiary/aromatic N) is 1. The molecule has 0 bridgehead atoms. The normalized spacial score (nSPS) is 15.7. The van der Waals surface area contributed by atoms with Crippen molar-refractivity contribution < 1.29 is 13.2 Å². The van der Waals surface area contributed by atoms with Crippen LogP contribution in [0.15, 0.2) is 57.9 Å². The van der Waals surface area contributed by atoms with Crippen LogP contribution in [0.1, 0.15) is 61.5 Å². The number of anilines is 1. The molecule has 0 unspecified atom stereocenters. The van der Waals surface area contributed by atoms with E-state index in [0.717, 1.165) is 27.4 Å². The van der Waals surface area contributed by atoms with Gasteiger partial charge in [-0.1, -0.05) is 48.0 Å². The van der Waals surface area contributed by atoms with E-state index in [1.807, 2.05) is 31.2 Å². The van der Waals surface area contributed by atoms with Gasteiger partial charge in [0.1, 0.15) is 0 Å². The van der Waals surface area contributed by atoms with E-state index >= 15 is 0 Å². The summed E-state index contributed by atoms with van der Waals surface area (Å²) in [6, 6.07) is 14.3. The molecular formula is C25H29BrN2O3S2. The lowest BCUT2D eigenvalue weighted by Gasteiger charge is -2.23. The predicted octanol–water partition coefficient (Wildman–Crippen LogP) is 6.72. The molecule has 176 valence electrons. The smallest absolute Gasteiger partial charge is 0.264 e. The van der Waals surface area contributed by atoms with Crippen LogP contribution in [0.3, 0.4) is 0 Å². The van der Waals surface area contributed by atoms with E-state index in [1.165, 1.54) is 47.7 Å². The molecule has 1 amide bonds. The number of amides is 1. The van der Waals surface area contributed by atoms with Crippen LogP contribution in [0.25, 0.3) is 10.1 Å². The Hall–Kier alpha value is -1.90. The van der Waals surface area contributed by atoms with Crippen LogP contribution in [-0.4, -0.2) is 26.9 Å². The minimum atomic E-state index is -3.69. The van der Waals surface area contributed by atoms with Crippen LogP contribution in [0.2, 0.25) is 0 Å². The Morgan fingerprint density at radius 2 is 1.70 bits per heavy atom. The molecule has 2 aromatic carbocycles. The van der Waals surface area contributed by atoms with E-state index in [0.29, 0.717) is 17.1 Å². The summed E-state index contributed by atoms with van der Waals surface area (Å²) in [5.41, 5.74) is 0.595. The zero-order valence-electron chi connectivity index (χ0n) is 18.7. The van der Waals surface area contributed by atoms with Crippen molar-refractivity contribution in [2.45, 2.75) is 62.8 Å². The first-order chi connectivity index (χ1) is 15.9. The average Bonchev–Trinajstić information content (AvgIpc) is 3.20. The quantitative estimate of drug-likeness (QED) is 0.371. The van der Waals surface area contributed by atoms with Crippen molar-refractivity contribution in [2.24, 2.45) is 0 Å². The minimum absolute atomic E-state index is 0.0295. The number of halogens is 1. The number of sulfonamides is 1. The largest absolute Gasteiger partial charge is 0.349 e. The van der Waals surface area contributed by atoms with Crippen LogP contribution < -0.4 is 9.62 Å². The first-order valence-corrected chi connectivity index (χ1v) is 14.6. The number of carbonyl (C=O) groups is 1. The van der Waals surface area contributed by atoms with Gasteiger partial charge in [0.25, 0.3) is 15.9 Å². The standard InChI is InChI=1S/C25H29BrN2O3S2/c1-2-28(33(30,31)22-13-10-19(26)11-14-22)21-12-15-23-18(16-21)17-24(32-23)25(29)27-20-8-6-4-3-5-7-9-20/h10-17,20H,2-9H2,1H3,(H,27,29). The zero-order valence-corrected chi connectivity index (χ0v) is 21.9. The third kappa shape index (κ3) is 5.61. The molecule has 1 N–H and O–H groups in total. The number of nitrogens with one attached hydrogen (secondary N) is 1. The molecule has 33 heavy (non-hydrogen) atoms. The zero-order chi connectivity index (χ0) is 23.4. The number of carbonyl (C=O) groups excluding carboxylic acids is 1. The van der Waals surface area contributed by atoms with E-state index < -0.39 is 10.0 Å². The molecule has 8 heteroatoms. The lowest BCUT2D eigenvalue weighted by molar-refractivity contribution is 0.0934. The van der Waals surface area contributed by atoms with Gasteiger partial charge < -0.3 is 5.32 Å². The number of hydrogen-bond acceptors (Lipinski definition) is 4. The van der Waals surface area contributed by atoms with Crippen molar-refractivity contribution in [3.05, 3.63) is 57.9 Å². The van der Waals surface area contributed by atoms with Gasteiger partial charge in [0, 0.05) is 21.8 Å². The third-order valence-electron chi connectivity index (χ3n) is 6.14. The van der Waals surface area contributed by atoms with Gasteiger partial charge in [-0.2, -0.15) is 0 Å². The maximum atomic E-state index is 13.2. The second-order valence-electron chi connectivity index (χ2n) is 8.47. The molecule has 1 saturated carbocycles. The van der Waals surface area contributed by atoms with Gasteiger partial charge in [0.15, 0.2) is 0 Å². The molecule has 0 atom stereocenters. The molecule has 1 heterocycles. The van der Waals surface area contributed by atoms with E-state index in [9.17, 15) is 13.2 Å². The lowest BCUT2D eigenvalue weighted by Crippen LogP contribution is -2.34. The Kier molecular flexibility index (Phi) is 7.76. The molecule has 0 saturated heterocycles. The highest BCUT2D eigenvalue weighted by Crippen LogP contribution is 2.32. The van der Waals surface area contributed by atoms with Crippen molar-refractivity contribution in [1.29, 1.82) is 0 Å². The minimum Gasteiger partial charge on any atom is -0.349 e. The van der Waals surface area contributed by atoms with Gasteiger partial charge in [-0.15, -0.1) is 11.3 Å². The molecule has 0 radical (unpaired) electrons. The summed E-state index contributed by atoms with van der Waals surface area (Å²) >= 11 is 4.80. The number of rotatable bonds is 6. The first kappa shape index (κ1) is 24.2. The number of fused-ring (bicyclic) bond motifs is 1. The van der Waals surface area contributed by atoms with E-state index in [4.69, 9.17) is 0 Å². The molecule has 1 fully saturated rings. The maximum Gasteiger partial charge on any atom is 0.264 e. The molecule has 1 aliphatic carbocycles. The summed E-state index contributed by atoms with van der Waals surface area (Å²) < 4.78 is 29.7. The number of thiophene rings is 1. The van der Waals surface area contributed by atoms with Gasteiger partial charge in [-0.25, -0.2) is 8.42 Å². The molecule has 5 nitrogen and oxygen atoms in total. The lowest BCUT2D eigenvalue weighted by atomic mass is 9.97. The van der Waals surface area contributed by atoms with Crippen molar-refractivity contribution in [1.82, 2.24) is 5.32 Å². The van der Waals surface area contributed by atoms with Crippen LogP contribution in [0, 0.1) is 0 Å². The molecule has 0 spiro atoms. The van der Waals surface area contributed by atoms with Crippen molar-refractivity contribution in [3.63, 3.8) is 0 Å². The van der Waals surface area contributed by atoms with Crippen molar-refractivity contribution in [3.8, 4) is 0 Å². The molecule has 4 rings (SSSR count). The Labute approximate surface area is 208 Å².